The molecule has 6 nitrogen and oxygen atoms in total. The number of rotatable bonds is 4. The second kappa shape index (κ2) is 7.04. The Kier molecular flexibility index (Phi) is 5.35. The van der Waals surface area contributed by atoms with Gasteiger partial charge in [0, 0.05) is 31.1 Å². The lowest BCUT2D eigenvalue weighted by Gasteiger charge is -2.27. The predicted octanol–water partition coefficient (Wildman–Crippen LogP) is 1.42. The van der Waals surface area contributed by atoms with Gasteiger partial charge in [-0.15, -0.1) is 11.3 Å². The molecule has 0 radical (unpaired) electrons. The minimum Gasteiger partial charge on any atom is -0.465 e. The van der Waals surface area contributed by atoms with E-state index in [0.29, 0.717) is 17.0 Å². The average Bonchev–Trinajstić information content (AvgIpc) is 2.85. The Morgan fingerprint density at radius 3 is 2.62 bits per heavy atom. The molecule has 0 aromatic carbocycles. The first kappa shape index (κ1) is 16.0. The number of carbonyl (C=O) groups is 2. The van der Waals surface area contributed by atoms with Gasteiger partial charge in [0.2, 0.25) is 0 Å². The zero-order chi connectivity index (χ0) is 15.4. The van der Waals surface area contributed by atoms with E-state index in [0.717, 1.165) is 29.6 Å². The molecule has 1 aromatic rings. The van der Waals surface area contributed by atoms with Gasteiger partial charge >= 0.3 is 5.97 Å². The number of nitrogens with two attached hydrogens (primary N) is 1. The lowest BCUT2D eigenvalue weighted by molar-refractivity contribution is 0.0603. The second-order valence-corrected chi connectivity index (χ2v) is 6.70. The number of nitrogens with zero attached hydrogens (tertiary/aromatic N) is 1. The van der Waals surface area contributed by atoms with Crippen molar-refractivity contribution in [3.63, 3.8) is 0 Å². The molecule has 21 heavy (non-hydrogen) atoms. The number of nitrogens with one attached hydrogen (secondary N) is 1. The number of ether oxygens (including phenoxy) is 1. The Labute approximate surface area is 132 Å². The summed E-state index contributed by atoms with van der Waals surface area (Å²) in [7, 11) is 1.32. The molecule has 1 aromatic heterocycles. The molecule has 3 N–H and O–H groups in total. The van der Waals surface area contributed by atoms with Gasteiger partial charge in [-0.25, -0.2) is 4.79 Å². The summed E-state index contributed by atoms with van der Waals surface area (Å²) in [5.41, 5.74) is 6.56. The van der Waals surface area contributed by atoms with E-state index < -0.39 is 5.97 Å². The number of carbonyl (C=O) groups excluding carboxylic acids is 2. The highest BCUT2D eigenvalue weighted by Gasteiger charge is 2.29. The summed E-state index contributed by atoms with van der Waals surface area (Å²) in [6.45, 7) is 4.03. The maximum Gasteiger partial charge on any atom is 0.343 e. The van der Waals surface area contributed by atoms with Crippen molar-refractivity contribution in [3.05, 3.63) is 10.4 Å². The van der Waals surface area contributed by atoms with E-state index in [1.165, 1.54) is 18.4 Å². The third-order valence-corrected chi connectivity index (χ3v) is 5.37. The molecule has 1 fully saturated rings. The summed E-state index contributed by atoms with van der Waals surface area (Å²) in [6, 6.07) is 0. The minimum atomic E-state index is -0.493. The molecule has 0 aliphatic carbocycles. The first-order valence-corrected chi connectivity index (χ1v) is 8.68. The number of nitrogen functional groups attached to an aromatic ring is 1. The van der Waals surface area contributed by atoms with Crippen LogP contribution in [-0.4, -0.2) is 50.1 Å². The third-order valence-electron chi connectivity index (χ3n) is 3.16. The molecule has 0 bridgehead atoms. The summed E-state index contributed by atoms with van der Waals surface area (Å²) < 4.78 is 4.83. The second-order valence-electron chi connectivity index (χ2n) is 4.48. The predicted molar refractivity (Wildman–Crippen MR) is 87.6 cm³/mol. The molecule has 1 aliphatic rings. The Morgan fingerprint density at radius 1 is 1.38 bits per heavy atom. The molecule has 1 saturated heterocycles. The fourth-order valence-corrected chi connectivity index (χ4v) is 4.21. The molecular formula is C13H19N3O3S2. The number of hydrogen-bond acceptors (Lipinski definition) is 7. The minimum absolute atomic E-state index is 0.214. The van der Waals surface area contributed by atoms with Crippen molar-refractivity contribution in [2.24, 2.45) is 0 Å². The molecule has 116 valence electrons. The van der Waals surface area contributed by atoms with Gasteiger partial charge in [-0.1, -0.05) is 0 Å². The summed E-state index contributed by atoms with van der Waals surface area (Å²) >= 11 is 3.14. The van der Waals surface area contributed by atoms with E-state index >= 15 is 0 Å². The number of anilines is 2. The van der Waals surface area contributed by atoms with Crippen LogP contribution in [-0.2, 0) is 4.74 Å². The van der Waals surface area contributed by atoms with Gasteiger partial charge in [0.1, 0.15) is 15.4 Å². The smallest absolute Gasteiger partial charge is 0.343 e. The fraction of sp³-hybridized carbons (Fsp3) is 0.538. The standard InChI is InChI=1S/C13H19N3O3S2/c1-3-15-11(17)10-9(14)8(13(18)19-2)12(21-10)16-4-6-20-7-5-16/h3-7,14H2,1-2H3,(H,15,17). The van der Waals surface area contributed by atoms with Gasteiger partial charge in [0.05, 0.1) is 12.8 Å². The Balaban J connectivity index is 2.43. The van der Waals surface area contributed by atoms with E-state index in [4.69, 9.17) is 10.5 Å². The molecule has 1 aliphatic heterocycles. The van der Waals surface area contributed by atoms with Crippen LogP contribution in [0.15, 0.2) is 0 Å². The van der Waals surface area contributed by atoms with Gasteiger partial charge in [-0.05, 0) is 6.92 Å². The van der Waals surface area contributed by atoms with Crippen molar-refractivity contribution < 1.29 is 14.3 Å². The van der Waals surface area contributed by atoms with Crippen LogP contribution in [0.2, 0.25) is 0 Å². The van der Waals surface area contributed by atoms with Gasteiger partial charge in [0.25, 0.3) is 5.91 Å². The molecule has 0 saturated carbocycles. The van der Waals surface area contributed by atoms with E-state index in [-0.39, 0.29) is 11.6 Å². The maximum atomic E-state index is 12.1. The number of methoxy groups -OCH3 is 1. The normalized spacial score (nSPS) is 14.9. The Morgan fingerprint density at radius 2 is 2.05 bits per heavy atom. The number of hydrogen-bond donors (Lipinski definition) is 2. The number of esters is 1. The number of thiophene rings is 1. The molecule has 0 atom stereocenters. The van der Waals surface area contributed by atoms with Crippen molar-refractivity contribution in [2.45, 2.75) is 6.92 Å². The zero-order valence-electron chi connectivity index (χ0n) is 12.1. The first-order chi connectivity index (χ1) is 10.1. The number of thioether (sulfide) groups is 1. The van der Waals surface area contributed by atoms with Crippen molar-refractivity contribution in [1.29, 1.82) is 0 Å². The molecule has 2 heterocycles. The summed E-state index contributed by atoms with van der Waals surface area (Å²) in [4.78, 5) is 26.6. The van der Waals surface area contributed by atoms with Gasteiger partial charge < -0.3 is 20.7 Å². The highest BCUT2D eigenvalue weighted by atomic mass is 32.2. The Hall–Kier alpha value is -1.41. The maximum absolute atomic E-state index is 12.1. The lowest BCUT2D eigenvalue weighted by Crippen LogP contribution is -2.32. The molecule has 1 amide bonds. The van der Waals surface area contributed by atoms with Gasteiger partial charge in [-0.2, -0.15) is 11.8 Å². The molecule has 8 heteroatoms. The van der Waals surface area contributed by atoms with Gasteiger partial charge in [0.15, 0.2) is 0 Å². The van der Waals surface area contributed by atoms with E-state index in [1.807, 2.05) is 18.7 Å². The zero-order valence-corrected chi connectivity index (χ0v) is 13.7. The van der Waals surface area contributed by atoms with E-state index in [1.54, 1.807) is 0 Å². The summed E-state index contributed by atoms with van der Waals surface area (Å²) in [5, 5.41) is 3.46. The van der Waals surface area contributed by atoms with Crippen LogP contribution in [0.5, 0.6) is 0 Å². The third kappa shape index (κ3) is 3.26. The molecule has 0 unspecified atom stereocenters. The highest BCUT2D eigenvalue weighted by Crippen LogP contribution is 2.39. The number of amides is 1. The van der Waals surface area contributed by atoms with E-state index in [9.17, 15) is 9.59 Å². The van der Waals surface area contributed by atoms with Crippen LogP contribution < -0.4 is 16.0 Å². The van der Waals surface area contributed by atoms with Crippen molar-refractivity contribution in [2.75, 3.05) is 48.9 Å². The van der Waals surface area contributed by atoms with Crippen LogP contribution >= 0.6 is 23.1 Å². The Bertz CT molecular complexity index is 539. The van der Waals surface area contributed by atoms with Crippen LogP contribution in [0, 0.1) is 0 Å². The SMILES string of the molecule is CCNC(=O)c1sc(N2CCSCC2)c(C(=O)OC)c1N. The molecule has 0 spiro atoms. The molecule has 2 rings (SSSR count). The first-order valence-electron chi connectivity index (χ1n) is 6.71. The van der Waals surface area contributed by atoms with Crippen LogP contribution in [0.4, 0.5) is 10.7 Å². The lowest BCUT2D eigenvalue weighted by atomic mass is 10.2. The van der Waals surface area contributed by atoms with Crippen molar-refractivity contribution in [1.82, 2.24) is 5.32 Å². The van der Waals surface area contributed by atoms with Crippen molar-refractivity contribution in [3.8, 4) is 0 Å². The van der Waals surface area contributed by atoms with Crippen LogP contribution in [0.3, 0.4) is 0 Å². The summed E-state index contributed by atoms with van der Waals surface area (Å²) in [5.74, 6) is 1.25. The fourth-order valence-electron chi connectivity index (χ4n) is 2.13. The quantitative estimate of drug-likeness (QED) is 0.813. The summed E-state index contributed by atoms with van der Waals surface area (Å²) in [6.07, 6.45) is 0. The monoisotopic (exact) mass is 329 g/mol. The van der Waals surface area contributed by atoms with E-state index in [2.05, 4.69) is 10.2 Å². The highest BCUT2D eigenvalue weighted by molar-refractivity contribution is 7.99. The topological polar surface area (TPSA) is 84.7 Å². The van der Waals surface area contributed by atoms with Crippen molar-refractivity contribution >= 4 is 45.7 Å². The average molecular weight is 329 g/mol. The van der Waals surface area contributed by atoms with Crippen LogP contribution in [0.1, 0.15) is 27.0 Å². The van der Waals surface area contributed by atoms with Crippen LogP contribution in [0.25, 0.3) is 0 Å². The molecular weight excluding hydrogens is 310 g/mol. The largest absolute Gasteiger partial charge is 0.465 e. The van der Waals surface area contributed by atoms with Gasteiger partial charge in [-0.3, -0.25) is 4.79 Å².